The fourth-order valence-electron chi connectivity index (χ4n) is 4.31. The second-order valence-corrected chi connectivity index (χ2v) is 11.7. The van der Waals surface area contributed by atoms with Crippen molar-refractivity contribution >= 4 is 16.2 Å². The van der Waals surface area contributed by atoms with Gasteiger partial charge in [0.05, 0.1) is 5.56 Å². The van der Waals surface area contributed by atoms with Crippen LogP contribution in [0.2, 0.25) is 0 Å². The molecule has 1 saturated heterocycles. The van der Waals surface area contributed by atoms with Gasteiger partial charge in [-0.1, -0.05) is 12.1 Å². The van der Waals surface area contributed by atoms with Gasteiger partial charge in [0.2, 0.25) is 0 Å². The summed E-state index contributed by atoms with van der Waals surface area (Å²) in [6.45, 7) is 5.49. The Balaban J connectivity index is 1.82. The van der Waals surface area contributed by atoms with Crippen LogP contribution in [0.1, 0.15) is 44.7 Å². The molecule has 1 aromatic carbocycles. The standard InChI is InChI=1S/C23H28F6N2O5S/c1-20(2,3)35-19(32)31-12-9-21(10-13-31)15-30(11-8-18(21)36-37(33,34)23(27,28)29)14-16-4-6-17(7-5-16)22(24,25)26/h4-8H,9-15H2,1-3H3. The zero-order chi connectivity index (χ0) is 27.9. The second kappa shape index (κ2) is 10.0. The molecule has 1 fully saturated rings. The van der Waals surface area contributed by atoms with Gasteiger partial charge in [0.1, 0.15) is 11.4 Å². The average molecular weight is 559 g/mol. The number of nitrogens with zero attached hydrogens (tertiary/aromatic N) is 2. The minimum atomic E-state index is -5.92. The molecule has 0 aliphatic carbocycles. The van der Waals surface area contributed by atoms with E-state index >= 15 is 0 Å². The van der Waals surface area contributed by atoms with Crippen LogP contribution < -0.4 is 0 Å². The summed E-state index contributed by atoms with van der Waals surface area (Å²) in [6.07, 6.45) is -3.66. The molecule has 37 heavy (non-hydrogen) atoms. The van der Waals surface area contributed by atoms with Crippen molar-refractivity contribution in [2.45, 2.75) is 57.4 Å². The van der Waals surface area contributed by atoms with E-state index in [2.05, 4.69) is 4.18 Å². The molecule has 1 aromatic rings. The quantitative estimate of drug-likeness (QED) is 0.284. The number of rotatable bonds is 4. The number of hydrogen-bond donors (Lipinski definition) is 0. The summed E-state index contributed by atoms with van der Waals surface area (Å²) < 4.78 is 111. The lowest BCUT2D eigenvalue weighted by molar-refractivity contribution is -0.137. The van der Waals surface area contributed by atoms with Gasteiger partial charge in [-0.25, -0.2) is 4.79 Å². The summed E-state index contributed by atoms with van der Waals surface area (Å²) in [5.41, 5.74) is -7.82. The van der Waals surface area contributed by atoms with Gasteiger partial charge >= 0.3 is 27.9 Å². The first-order valence-corrected chi connectivity index (χ1v) is 12.8. The van der Waals surface area contributed by atoms with E-state index in [0.717, 1.165) is 12.1 Å². The summed E-state index contributed by atoms with van der Waals surface area (Å²) in [7, 11) is -5.92. The number of piperidine rings is 1. The third-order valence-corrected chi connectivity index (χ3v) is 7.09. The van der Waals surface area contributed by atoms with E-state index in [9.17, 15) is 39.6 Å². The van der Waals surface area contributed by atoms with Gasteiger partial charge in [-0.15, -0.1) is 0 Å². The van der Waals surface area contributed by atoms with Gasteiger partial charge in [0.15, 0.2) is 0 Å². The highest BCUT2D eigenvalue weighted by Crippen LogP contribution is 2.45. The third kappa shape index (κ3) is 7.09. The van der Waals surface area contributed by atoms with Crippen LogP contribution in [0.25, 0.3) is 0 Å². The van der Waals surface area contributed by atoms with E-state index in [1.807, 2.05) is 0 Å². The Kier molecular flexibility index (Phi) is 7.86. The summed E-state index contributed by atoms with van der Waals surface area (Å²) in [6, 6.07) is 4.50. The molecule has 2 heterocycles. The van der Waals surface area contributed by atoms with E-state index in [1.54, 1.807) is 25.7 Å². The number of carbonyl (C=O) groups excluding carboxylic acids is 1. The van der Waals surface area contributed by atoms with Gasteiger partial charge in [-0.2, -0.15) is 34.8 Å². The molecule has 1 amide bonds. The molecule has 208 valence electrons. The van der Waals surface area contributed by atoms with Crippen LogP contribution in [-0.2, 0) is 31.8 Å². The fraction of sp³-hybridized carbons (Fsp3) is 0.609. The zero-order valence-corrected chi connectivity index (χ0v) is 21.3. The van der Waals surface area contributed by atoms with Gasteiger partial charge in [-0.3, -0.25) is 4.90 Å². The Morgan fingerprint density at radius 1 is 1.00 bits per heavy atom. The van der Waals surface area contributed by atoms with Crippen LogP contribution in [0.15, 0.2) is 36.1 Å². The number of amides is 1. The summed E-state index contributed by atoms with van der Waals surface area (Å²) in [4.78, 5) is 15.6. The molecular formula is C23H28F6N2O5S. The molecule has 0 N–H and O–H groups in total. The number of alkyl halides is 6. The third-order valence-electron chi connectivity index (χ3n) is 6.13. The van der Waals surface area contributed by atoms with Crippen LogP contribution in [0.4, 0.5) is 31.1 Å². The fourth-order valence-corrected chi connectivity index (χ4v) is 4.89. The second-order valence-electron chi connectivity index (χ2n) is 10.2. The number of halogens is 6. The van der Waals surface area contributed by atoms with Crippen molar-refractivity contribution in [3.63, 3.8) is 0 Å². The van der Waals surface area contributed by atoms with Gasteiger partial charge < -0.3 is 13.8 Å². The summed E-state index contributed by atoms with van der Waals surface area (Å²) in [5.74, 6) is -0.350. The molecular weight excluding hydrogens is 530 g/mol. The molecule has 2 aliphatic heterocycles. The van der Waals surface area contributed by atoms with Crippen molar-refractivity contribution in [1.29, 1.82) is 0 Å². The smallest absolute Gasteiger partial charge is 0.444 e. The number of likely N-dealkylation sites (tertiary alicyclic amines) is 1. The van der Waals surface area contributed by atoms with Crippen molar-refractivity contribution < 1.29 is 48.5 Å². The summed E-state index contributed by atoms with van der Waals surface area (Å²) in [5, 5.41) is 0. The van der Waals surface area contributed by atoms with Crippen LogP contribution in [0.3, 0.4) is 0 Å². The van der Waals surface area contributed by atoms with E-state index in [4.69, 9.17) is 4.74 Å². The SMILES string of the molecule is CC(C)(C)OC(=O)N1CCC2(CC1)CN(Cc1ccc(C(F)(F)F)cc1)CC=C2OS(=O)(=O)C(F)(F)F. The van der Waals surface area contributed by atoms with E-state index in [1.165, 1.54) is 23.1 Å². The molecule has 14 heteroatoms. The molecule has 7 nitrogen and oxygen atoms in total. The van der Waals surface area contributed by atoms with E-state index in [0.29, 0.717) is 5.56 Å². The zero-order valence-electron chi connectivity index (χ0n) is 20.4. The Bertz CT molecular complexity index is 1120. The lowest BCUT2D eigenvalue weighted by atomic mass is 9.74. The van der Waals surface area contributed by atoms with Crippen molar-refractivity contribution in [1.82, 2.24) is 9.80 Å². The monoisotopic (exact) mass is 558 g/mol. The van der Waals surface area contributed by atoms with Crippen LogP contribution >= 0.6 is 0 Å². The van der Waals surface area contributed by atoms with Crippen molar-refractivity contribution in [2.75, 3.05) is 26.2 Å². The van der Waals surface area contributed by atoms with E-state index in [-0.39, 0.29) is 51.3 Å². The maximum atomic E-state index is 13.1. The molecule has 1 spiro atoms. The molecule has 0 unspecified atom stereocenters. The van der Waals surface area contributed by atoms with Gasteiger partial charge in [0.25, 0.3) is 0 Å². The molecule has 3 rings (SSSR count). The molecule has 2 aliphatic rings. The van der Waals surface area contributed by atoms with Crippen molar-refractivity contribution in [3.05, 3.63) is 47.2 Å². The highest BCUT2D eigenvalue weighted by Gasteiger charge is 2.52. The largest absolute Gasteiger partial charge is 0.534 e. The lowest BCUT2D eigenvalue weighted by Crippen LogP contribution is -2.52. The molecule has 0 bridgehead atoms. The maximum Gasteiger partial charge on any atom is 0.534 e. The van der Waals surface area contributed by atoms with Crippen LogP contribution in [0.5, 0.6) is 0 Å². The Morgan fingerprint density at radius 3 is 2.05 bits per heavy atom. The van der Waals surface area contributed by atoms with E-state index < -0.39 is 44.5 Å². The Hall–Kier alpha value is -2.48. The number of carbonyl (C=O) groups is 1. The first-order valence-electron chi connectivity index (χ1n) is 11.4. The molecule has 0 saturated carbocycles. The molecule has 0 radical (unpaired) electrons. The van der Waals surface area contributed by atoms with Crippen molar-refractivity contribution in [3.8, 4) is 0 Å². The first-order chi connectivity index (χ1) is 16.8. The number of hydrogen-bond acceptors (Lipinski definition) is 6. The predicted octanol–water partition coefficient (Wildman–Crippen LogP) is 5.29. The normalized spacial score (nSPS) is 19.5. The van der Waals surface area contributed by atoms with Crippen LogP contribution in [0, 0.1) is 5.41 Å². The Morgan fingerprint density at radius 2 is 1.57 bits per heavy atom. The minimum absolute atomic E-state index is 0.0151. The first kappa shape index (κ1) is 29.1. The van der Waals surface area contributed by atoms with Gasteiger partial charge in [0, 0.05) is 38.1 Å². The average Bonchev–Trinajstić information content (AvgIpc) is 2.74. The lowest BCUT2D eigenvalue weighted by Gasteiger charge is -2.47. The maximum absolute atomic E-state index is 13.1. The molecule has 0 atom stereocenters. The number of ether oxygens (including phenoxy) is 1. The highest BCUT2D eigenvalue weighted by molar-refractivity contribution is 7.87. The predicted molar refractivity (Wildman–Crippen MR) is 120 cm³/mol. The summed E-state index contributed by atoms with van der Waals surface area (Å²) >= 11 is 0. The van der Waals surface area contributed by atoms with Gasteiger partial charge in [-0.05, 0) is 57.4 Å². The Labute approximate surface area is 211 Å². The number of benzene rings is 1. The minimum Gasteiger partial charge on any atom is -0.444 e. The molecule has 0 aromatic heterocycles. The van der Waals surface area contributed by atoms with Crippen molar-refractivity contribution in [2.24, 2.45) is 5.41 Å². The highest BCUT2D eigenvalue weighted by atomic mass is 32.2. The topological polar surface area (TPSA) is 76.2 Å². The van der Waals surface area contributed by atoms with Crippen LogP contribution in [-0.4, -0.2) is 61.6 Å².